The molecule has 6 nitrogen and oxygen atoms in total. The van der Waals surface area contributed by atoms with Crippen LogP contribution < -0.4 is 5.32 Å². The van der Waals surface area contributed by atoms with Gasteiger partial charge in [-0.05, 0) is 38.5 Å². The van der Waals surface area contributed by atoms with Gasteiger partial charge in [-0.15, -0.1) is 11.3 Å². The summed E-state index contributed by atoms with van der Waals surface area (Å²) in [5.74, 6) is -1.15. The highest BCUT2D eigenvalue weighted by atomic mass is 32.1. The Morgan fingerprint density at radius 1 is 1.38 bits per heavy atom. The zero-order valence-electron chi connectivity index (χ0n) is 11.9. The smallest absolute Gasteiger partial charge is 0.408 e. The van der Waals surface area contributed by atoms with Gasteiger partial charge in [-0.25, -0.2) is 14.6 Å². The van der Waals surface area contributed by atoms with E-state index in [1.54, 1.807) is 44.5 Å². The van der Waals surface area contributed by atoms with Gasteiger partial charge in [0.1, 0.15) is 5.60 Å². The van der Waals surface area contributed by atoms with Crippen LogP contribution in [0, 0.1) is 0 Å². The number of carbonyl (C=O) groups is 2. The van der Waals surface area contributed by atoms with Crippen molar-refractivity contribution in [2.24, 2.45) is 0 Å². The number of benzene rings is 1. The van der Waals surface area contributed by atoms with Crippen molar-refractivity contribution in [1.82, 2.24) is 10.3 Å². The highest BCUT2D eigenvalue weighted by Gasteiger charge is 2.25. The van der Waals surface area contributed by atoms with Gasteiger partial charge in [0.25, 0.3) is 0 Å². The Balaban J connectivity index is 2.22. The maximum absolute atomic E-state index is 11.8. The van der Waals surface area contributed by atoms with Crippen LogP contribution in [-0.2, 0) is 9.53 Å². The van der Waals surface area contributed by atoms with E-state index in [-0.39, 0.29) is 0 Å². The molecule has 0 fully saturated rings. The molecule has 0 saturated heterocycles. The third-order valence-electron chi connectivity index (χ3n) is 2.60. The van der Waals surface area contributed by atoms with Crippen LogP contribution in [0.1, 0.15) is 32.4 Å². The van der Waals surface area contributed by atoms with E-state index in [9.17, 15) is 14.7 Å². The van der Waals surface area contributed by atoms with Gasteiger partial charge in [0, 0.05) is 0 Å². The van der Waals surface area contributed by atoms with Gasteiger partial charge in [0.2, 0.25) is 0 Å². The minimum absolute atomic E-state index is 0.477. The molecule has 1 atom stereocenters. The summed E-state index contributed by atoms with van der Waals surface area (Å²) < 4.78 is 5.95. The largest absolute Gasteiger partial charge is 0.479 e. The number of aliphatic carboxylic acids is 1. The highest BCUT2D eigenvalue weighted by Crippen LogP contribution is 2.23. The fraction of sp³-hybridized carbons (Fsp3) is 0.357. The number of rotatable bonds is 3. The first kappa shape index (κ1) is 15.2. The SMILES string of the molecule is CC(C)(C)OC(=O)N[C@@H](C(=O)O)c1ccc2ncsc2c1. The fourth-order valence-electron chi connectivity index (χ4n) is 1.76. The Kier molecular flexibility index (Phi) is 4.13. The van der Waals surface area contributed by atoms with E-state index >= 15 is 0 Å². The standard InChI is InChI=1S/C14H16N2O4S/c1-14(2,3)20-13(19)16-11(12(17)18)8-4-5-9-10(6-8)21-7-15-9/h4-7,11H,1-3H3,(H,16,19)(H,17,18)/t11-/m1/s1. The number of nitrogens with one attached hydrogen (secondary N) is 1. The molecule has 1 aromatic heterocycles. The molecule has 1 aromatic carbocycles. The number of hydrogen-bond acceptors (Lipinski definition) is 5. The van der Waals surface area contributed by atoms with Crippen LogP contribution in [0.25, 0.3) is 10.2 Å². The van der Waals surface area contributed by atoms with Gasteiger partial charge in [0.05, 0.1) is 15.7 Å². The van der Waals surface area contributed by atoms with Gasteiger partial charge >= 0.3 is 12.1 Å². The Hall–Kier alpha value is -2.15. The van der Waals surface area contributed by atoms with Gasteiger partial charge in [0.15, 0.2) is 6.04 Å². The third kappa shape index (κ3) is 3.91. The van der Waals surface area contributed by atoms with Crippen LogP contribution in [0.4, 0.5) is 4.79 Å². The maximum Gasteiger partial charge on any atom is 0.408 e. The molecule has 0 spiro atoms. The number of alkyl carbamates (subject to hydrolysis) is 1. The van der Waals surface area contributed by atoms with E-state index in [2.05, 4.69) is 10.3 Å². The average molecular weight is 308 g/mol. The van der Waals surface area contributed by atoms with Gasteiger partial charge in [-0.2, -0.15) is 0 Å². The second-order valence-corrected chi connectivity index (χ2v) is 6.38. The van der Waals surface area contributed by atoms with Crippen molar-refractivity contribution in [2.45, 2.75) is 32.4 Å². The van der Waals surface area contributed by atoms with Crippen molar-refractivity contribution in [3.63, 3.8) is 0 Å². The topological polar surface area (TPSA) is 88.5 Å². The highest BCUT2D eigenvalue weighted by molar-refractivity contribution is 7.16. The lowest BCUT2D eigenvalue weighted by atomic mass is 10.1. The molecule has 1 heterocycles. The monoisotopic (exact) mass is 308 g/mol. The number of ether oxygens (including phenoxy) is 1. The number of carboxylic acid groups (broad SMARTS) is 1. The number of carboxylic acids is 1. The molecular weight excluding hydrogens is 292 g/mol. The summed E-state index contributed by atoms with van der Waals surface area (Å²) in [5, 5.41) is 11.7. The molecule has 21 heavy (non-hydrogen) atoms. The molecule has 0 aliphatic carbocycles. The van der Waals surface area contributed by atoms with Crippen LogP contribution in [-0.4, -0.2) is 27.8 Å². The summed E-state index contributed by atoms with van der Waals surface area (Å²) in [7, 11) is 0. The van der Waals surface area contributed by atoms with E-state index in [0.29, 0.717) is 5.56 Å². The van der Waals surface area contributed by atoms with E-state index in [1.165, 1.54) is 11.3 Å². The normalized spacial score (nSPS) is 12.9. The lowest BCUT2D eigenvalue weighted by Gasteiger charge is -2.22. The van der Waals surface area contributed by atoms with E-state index < -0.39 is 23.7 Å². The Morgan fingerprint density at radius 3 is 2.71 bits per heavy atom. The zero-order valence-corrected chi connectivity index (χ0v) is 12.7. The predicted molar refractivity (Wildman–Crippen MR) is 79.4 cm³/mol. The van der Waals surface area contributed by atoms with Crippen LogP contribution in [0.5, 0.6) is 0 Å². The van der Waals surface area contributed by atoms with Crippen LogP contribution in [0.3, 0.4) is 0 Å². The zero-order chi connectivity index (χ0) is 15.6. The first-order chi connectivity index (χ1) is 9.76. The van der Waals surface area contributed by atoms with E-state index in [4.69, 9.17) is 4.74 Å². The molecule has 112 valence electrons. The number of carbonyl (C=O) groups excluding carboxylic acids is 1. The summed E-state index contributed by atoms with van der Waals surface area (Å²) >= 11 is 1.41. The molecule has 0 radical (unpaired) electrons. The molecule has 7 heteroatoms. The molecule has 2 rings (SSSR count). The molecule has 2 aromatic rings. The summed E-state index contributed by atoms with van der Waals surface area (Å²) in [5.41, 5.74) is 2.27. The van der Waals surface area contributed by atoms with Crippen LogP contribution in [0.2, 0.25) is 0 Å². The van der Waals surface area contributed by atoms with Crippen LogP contribution >= 0.6 is 11.3 Å². The Bertz CT molecular complexity index is 675. The summed E-state index contributed by atoms with van der Waals surface area (Å²) in [6, 6.07) is 3.92. The number of fused-ring (bicyclic) bond motifs is 1. The maximum atomic E-state index is 11.8. The first-order valence-corrected chi connectivity index (χ1v) is 7.20. The second-order valence-electron chi connectivity index (χ2n) is 5.50. The fourth-order valence-corrected chi connectivity index (χ4v) is 2.49. The van der Waals surface area contributed by atoms with Gasteiger partial charge in [-0.3, -0.25) is 0 Å². The van der Waals surface area contributed by atoms with Crippen molar-refractivity contribution in [1.29, 1.82) is 0 Å². The lowest BCUT2D eigenvalue weighted by molar-refractivity contribution is -0.139. The van der Waals surface area contributed by atoms with Crippen molar-refractivity contribution in [2.75, 3.05) is 0 Å². The summed E-state index contributed by atoms with van der Waals surface area (Å²) in [6.07, 6.45) is -0.765. The van der Waals surface area contributed by atoms with Gasteiger partial charge < -0.3 is 15.2 Å². The number of hydrogen-bond donors (Lipinski definition) is 2. The number of thiazole rings is 1. The third-order valence-corrected chi connectivity index (χ3v) is 3.39. The van der Waals surface area contributed by atoms with E-state index in [0.717, 1.165) is 10.2 Å². The Morgan fingerprint density at radius 2 is 2.10 bits per heavy atom. The minimum Gasteiger partial charge on any atom is -0.479 e. The molecular formula is C14H16N2O4S. The lowest BCUT2D eigenvalue weighted by Crippen LogP contribution is -2.38. The summed E-state index contributed by atoms with van der Waals surface area (Å²) in [4.78, 5) is 27.3. The molecule has 2 N–H and O–H groups in total. The molecule has 0 unspecified atom stereocenters. The molecule has 0 aliphatic rings. The van der Waals surface area contributed by atoms with Gasteiger partial charge in [-0.1, -0.05) is 6.07 Å². The van der Waals surface area contributed by atoms with Crippen molar-refractivity contribution in [3.05, 3.63) is 29.3 Å². The van der Waals surface area contributed by atoms with Crippen molar-refractivity contribution < 1.29 is 19.4 Å². The Labute approximate surface area is 125 Å². The van der Waals surface area contributed by atoms with Crippen LogP contribution in [0.15, 0.2) is 23.7 Å². The quantitative estimate of drug-likeness (QED) is 0.910. The first-order valence-electron chi connectivity index (χ1n) is 6.32. The predicted octanol–water partition coefficient (Wildman–Crippen LogP) is 2.95. The molecule has 1 amide bonds. The molecule has 0 bridgehead atoms. The van der Waals surface area contributed by atoms with E-state index in [1.807, 2.05) is 0 Å². The molecule has 0 aliphatic heterocycles. The number of nitrogens with zero attached hydrogens (tertiary/aromatic N) is 1. The number of amides is 1. The average Bonchev–Trinajstić information content (AvgIpc) is 2.80. The minimum atomic E-state index is -1.16. The number of aromatic nitrogens is 1. The summed E-state index contributed by atoms with van der Waals surface area (Å²) in [6.45, 7) is 5.14. The van der Waals surface area contributed by atoms with Crippen molar-refractivity contribution in [3.8, 4) is 0 Å². The van der Waals surface area contributed by atoms with Crippen molar-refractivity contribution >= 4 is 33.6 Å². The second kappa shape index (κ2) is 5.69. The molecule has 0 saturated carbocycles.